The Balaban J connectivity index is 1.43. The molecule has 1 aliphatic rings. The molecular weight excluding hydrogens is 486 g/mol. The molecule has 0 N–H and O–H groups in total. The second-order valence-corrected chi connectivity index (χ2v) is 9.99. The monoisotopic (exact) mass is 511 g/mol. The molecule has 37 heavy (non-hydrogen) atoms. The quantitative estimate of drug-likeness (QED) is 0.379. The smallest absolute Gasteiger partial charge is 0.251 e. The molecular formula is C27H25N7O2S. The topological polar surface area (TPSA) is 112 Å². The second kappa shape index (κ2) is 10.5. The van der Waals surface area contributed by atoms with Gasteiger partial charge in [0.2, 0.25) is 0 Å². The van der Waals surface area contributed by atoms with E-state index in [4.69, 9.17) is 4.74 Å². The summed E-state index contributed by atoms with van der Waals surface area (Å²) in [4.78, 5) is 15.9. The van der Waals surface area contributed by atoms with Crippen LogP contribution >= 0.6 is 11.8 Å². The minimum absolute atomic E-state index is 0.0226. The first-order chi connectivity index (χ1) is 18.0. The molecule has 3 aromatic heterocycles. The van der Waals surface area contributed by atoms with Crippen LogP contribution in [-0.4, -0.2) is 56.5 Å². The lowest BCUT2D eigenvalue weighted by Gasteiger charge is -2.33. The van der Waals surface area contributed by atoms with Crippen molar-refractivity contribution in [3.05, 3.63) is 66.2 Å². The Labute approximate surface area is 218 Å². The summed E-state index contributed by atoms with van der Waals surface area (Å²) in [6.07, 6.45) is 8.51. The summed E-state index contributed by atoms with van der Waals surface area (Å²) in [5.41, 5.74) is 3.59. The number of hydrogen-bond donors (Lipinski definition) is 0. The number of pyridine rings is 1. The molecule has 1 aromatic carbocycles. The summed E-state index contributed by atoms with van der Waals surface area (Å²) in [7, 11) is 1.55. The molecule has 1 unspecified atom stereocenters. The lowest BCUT2D eigenvalue weighted by molar-refractivity contribution is -0.142. The van der Waals surface area contributed by atoms with Crippen molar-refractivity contribution in [2.24, 2.45) is 0 Å². The number of amides is 1. The van der Waals surface area contributed by atoms with E-state index in [1.54, 1.807) is 30.8 Å². The number of carbonyl (C=O) groups is 1. The van der Waals surface area contributed by atoms with Gasteiger partial charge in [0.15, 0.2) is 0 Å². The molecule has 1 amide bonds. The van der Waals surface area contributed by atoms with Crippen molar-refractivity contribution in [3.8, 4) is 23.3 Å². The van der Waals surface area contributed by atoms with Crippen LogP contribution in [0, 0.1) is 22.7 Å². The van der Waals surface area contributed by atoms with Gasteiger partial charge in [0.25, 0.3) is 5.91 Å². The van der Waals surface area contributed by atoms with Crippen LogP contribution in [0.5, 0.6) is 0 Å². The molecule has 5 rings (SSSR count). The zero-order valence-electron chi connectivity index (χ0n) is 20.5. The van der Waals surface area contributed by atoms with Gasteiger partial charge in [0.1, 0.15) is 18.2 Å². The van der Waals surface area contributed by atoms with Crippen molar-refractivity contribution in [1.29, 1.82) is 10.5 Å². The number of hydrogen-bond acceptors (Lipinski definition) is 7. The van der Waals surface area contributed by atoms with Crippen LogP contribution in [-0.2, 0) is 9.53 Å². The molecule has 0 spiro atoms. The lowest BCUT2D eigenvalue weighted by Crippen LogP contribution is -2.43. The zero-order valence-corrected chi connectivity index (χ0v) is 21.4. The first kappa shape index (κ1) is 24.6. The summed E-state index contributed by atoms with van der Waals surface area (Å²) in [6.45, 7) is 3.11. The molecule has 186 valence electrons. The minimum atomic E-state index is -0.432. The van der Waals surface area contributed by atoms with Gasteiger partial charge >= 0.3 is 0 Å². The number of fused-ring (bicyclic) bond motifs is 1. The molecule has 1 atom stereocenters. The minimum Gasteiger partial charge on any atom is -0.372 e. The second-order valence-electron chi connectivity index (χ2n) is 8.91. The number of nitriles is 2. The molecule has 1 fully saturated rings. The highest BCUT2D eigenvalue weighted by Gasteiger charge is 2.27. The summed E-state index contributed by atoms with van der Waals surface area (Å²) in [6, 6.07) is 14.1. The molecule has 0 saturated carbocycles. The summed E-state index contributed by atoms with van der Waals surface area (Å²) in [5, 5.41) is 28.2. The van der Waals surface area contributed by atoms with Crippen molar-refractivity contribution in [3.63, 3.8) is 0 Å². The first-order valence-electron chi connectivity index (χ1n) is 12.0. The van der Waals surface area contributed by atoms with Gasteiger partial charge in [-0.3, -0.25) is 9.48 Å². The Morgan fingerprint density at radius 1 is 1.05 bits per heavy atom. The molecule has 0 bridgehead atoms. The Kier molecular flexibility index (Phi) is 6.95. The van der Waals surface area contributed by atoms with Gasteiger partial charge in [-0.05, 0) is 38.0 Å². The third kappa shape index (κ3) is 4.82. The predicted octanol–water partition coefficient (Wildman–Crippen LogP) is 4.29. The van der Waals surface area contributed by atoms with Gasteiger partial charge in [0.05, 0.1) is 35.1 Å². The summed E-state index contributed by atoms with van der Waals surface area (Å²) < 4.78 is 8.86. The Bertz CT molecular complexity index is 1540. The maximum absolute atomic E-state index is 12.4. The highest BCUT2D eigenvalue weighted by Crippen LogP contribution is 2.37. The van der Waals surface area contributed by atoms with Crippen molar-refractivity contribution in [2.45, 2.75) is 41.7 Å². The number of rotatable bonds is 6. The molecule has 4 aromatic rings. The average molecular weight is 512 g/mol. The number of likely N-dealkylation sites (tertiary alicyclic amines) is 1. The van der Waals surface area contributed by atoms with Gasteiger partial charge in [-0.2, -0.15) is 20.7 Å². The van der Waals surface area contributed by atoms with Crippen molar-refractivity contribution >= 4 is 23.2 Å². The van der Waals surface area contributed by atoms with Crippen LogP contribution in [0.15, 0.2) is 64.9 Å². The molecule has 0 radical (unpaired) electrons. The van der Waals surface area contributed by atoms with E-state index in [1.165, 1.54) is 11.8 Å². The molecule has 9 nitrogen and oxygen atoms in total. The fourth-order valence-corrected chi connectivity index (χ4v) is 5.66. The van der Waals surface area contributed by atoms with Crippen LogP contribution in [0.2, 0.25) is 0 Å². The number of piperidine rings is 1. The maximum Gasteiger partial charge on any atom is 0.251 e. The van der Waals surface area contributed by atoms with E-state index in [0.717, 1.165) is 33.8 Å². The van der Waals surface area contributed by atoms with Crippen LogP contribution in [0.3, 0.4) is 0 Å². The first-order valence-corrected chi connectivity index (χ1v) is 12.8. The van der Waals surface area contributed by atoms with E-state index < -0.39 is 6.10 Å². The maximum atomic E-state index is 12.4. The van der Waals surface area contributed by atoms with Gasteiger partial charge < -0.3 is 9.64 Å². The fraction of sp³-hybridized carbons (Fsp3) is 0.296. The Morgan fingerprint density at radius 2 is 1.81 bits per heavy atom. The number of aromatic nitrogens is 4. The number of ether oxygens (including phenoxy) is 1. The van der Waals surface area contributed by atoms with Gasteiger partial charge in [-0.1, -0.05) is 23.9 Å². The Morgan fingerprint density at radius 3 is 2.54 bits per heavy atom. The third-order valence-electron chi connectivity index (χ3n) is 6.71. The fourth-order valence-electron chi connectivity index (χ4n) is 4.56. The molecule has 1 aliphatic heterocycles. The highest BCUT2D eigenvalue weighted by atomic mass is 32.2. The van der Waals surface area contributed by atoms with E-state index >= 15 is 0 Å². The zero-order chi connectivity index (χ0) is 25.9. The highest BCUT2D eigenvalue weighted by molar-refractivity contribution is 7.99. The molecule has 1 saturated heterocycles. The normalized spacial score (nSPS) is 14.9. The lowest BCUT2D eigenvalue weighted by atomic mass is 10.0. The van der Waals surface area contributed by atoms with Gasteiger partial charge in [-0.25, -0.2) is 4.52 Å². The molecule has 0 aliphatic carbocycles. The van der Waals surface area contributed by atoms with E-state index in [9.17, 15) is 15.3 Å². The summed E-state index contributed by atoms with van der Waals surface area (Å²) >= 11 is 1.44. The molecule has 10 heteroatoms. The average Bonchev–Trinajstić information content (AvgIpc) is 3.60. The molecule has 4 heterocycles. The number of benzene rings is 1. The number of nitrogens with zero attached hydrogens (tertiary/aromatic N) is 7. The van der Waals surface area contributed by atoms with Crippen molar-refractivity contribution in [2.75, 3.05) is 20.2 Å². The Hall–Kier alpha value is -4.12. The van der Waals surface area contributed by atoms with E-state index in [0.29, 0.717) is 29.7 Å². The standard InChI is InChI=1S/C27H25N7O2S/c1-18(36-2)27(35)32-9-7-23(8-10-32)33-17-22(15-30-33)20-11-25(26-21(13-29)14-31-34(26)16-20)37-24-6-4-3-5-19(24)12-28/h3-6,11,14-18,23H,7-10H2,1-2H3. The van der Waals surface area contributed by atoms with Crippen molar-refractivity contribution < 1.29 is 9.53 Å². The van der Waals surface area contributed by atoms with E-state index in [1.807, 2.05) is 52.4 Å². The largest absolute Gasteiger partial charge is 0.372 e. The third-order valence-corrected chi connectivity index (χ3v) is 7.82. The SMILES string of the molecule is COC(C)C(=O)N1CCC(n2cc(-c3cc(Sc4ccccc4C#N)c4c(C#N)cnn4c3)cn2)CC1. The van der Waals surface area contributed by atoms with Crippen LogP contribution in [0.4, 0.5) is 0 Å². The number of methoxy groups -OCH3 is 1. The van der Waals surface area contributed by atoms with Gasteiger partial charge in [-0.15, -0.1) is 0 Å². The van der Waals surface area contributed by atoms with Crippen LogP contribution in [0.25, 0.3) is 16.6 Å². The van der Waals surface area contributed by atoms with E-state index in [2.05, 4.69) is 22.3 Å². The van der Waals surface area contributed by atoms with Gasteiger partial charge in [0, 0.05) is 53.5 Å². The van der Waals surface area contributed by atoms with Crippen molar-refractivity contribution in [1.82, 2.24) is 24.3 Å². The predicted molar refractivity (Wildman–Crippen MR) is 138 cm³/mol. The summed E-state index contributed by atoms with van der Waals surface area (Å²) in [5.74, 6) is 0.0226. The van der Waals surface area contributed by atoms with Crippen LogP contribution in [0.1, 0.15) is 36.9 Å². The number of carbonyl (C=O) groups excluding carboxylic acids is 1. The van der Waals surface area contributed by atoms with Crippen LogP contribution < -0.4 is 0 Å². The van der Waals surface area contributed by atoms with E-state index in [-0.39, 0.29) is 11.9 Å².